The first kappa shape index (κ1) is 15.1. The number of hydrogen-bond donors (Lipinski definition) is 0. The van der Waals surface area contributed by atoms with Crippen LogP contribution < -0.4 is 4.74 Å². The van der Waals surface area contributed by atoms with Gasteiger partial charge in [-0.2, -0.15) is 9.61 Å². The maximum absolute atomic E-state index is 6.02. The molecule has 0 fully saturated rings. The summed E-state index contributed by atoms with van der Waals surface area (Å²) in [6.45, 7) is 2.03. The number of aryl methyl sites for hydroxylation is 1. The van der Waals surface area contributed by atoms with Crippen LogP contribution in [0.2, 0.25) is 0 Å². The molecule has 26 heavy (non-hydrogen) atoms. The highest BCUT2D eigenvalue weighted by molar-refractivity contribution is 7.19. The molecule has 0 bridgehead atoms. The van der Waals surface area contributed by atoms with Crippen molar-refractivity contribution in [3.05, 3.63) is 54.1 Å². The van der Waals surface area contributed by atoms with E-state index in [0.717, 1.165) is 37.8 Å². The van der Waals surface area contributed by atoms with Gasteiger partial charge in [0.1, 0.15) is 16.3 Å². The normalized spacial score (nSPS) is 11.5. The number of ether oxygens (including phenoxy) is 1. The summed E-state index contributed by atoms with van der Waals surface area (Å²) >= 11 is 1.49. The summed E-state index contributed by atoms with van der Waals surface area (Å²) in [7, 11) is 1.65. The summed E-state index contributed by atoms with van der Waals surface area (Å²) in [6.07, 6.45) is 0. The van der Waals surface area contributed by atoms with Crippen molar-refractivity contribution in [2.45, 2.75) is 6.92 Å². The van der Waals surface area contributed by atoms with Gasteiger partial charge in [0, 0.05) is 16.5 Å². The molecule has 3 aromatic heterocycles. The Morgan fingerprint density at radius 3 is 2.62 bits per heavy atom. The lowest BCUT2D eigenvalue weighted by Gasteiger charge is -1.99. The fraction of sp³-hybridized carbons (Fsp3) is 0.105. The molecule has 7 heteroatoms. The Kier molecular flexibility index (Phi) is 3.29. The van der Waals surface area contributed by atoms with Crippen molar-refractivity contribution < 1.29 is 9.15 Å². The van der Waals surface area contributed by atoms with Gasteiger partial charge >= 0.3 is 0 Å². The minimum atomic E-state index is 0.615. The van der Waals surface area contributed by atoms with Crippen LogP contribution in [0.1, 0.15) is 5.56 Å². The van der Waals surface area contributed by atoms with Crippen LogP contribution in [-0.4, -0.2) is 26.9 Å². The fourth-order valence-electron chi connectivity index (χ4n) is 3.00. The first-order valence-corrected chi connectivity index (χ1v) is 8.91. The number of hydrogen-bond acceptors (Lipinski definition) is 6. The van der Waals surface area contributed by atoms with Crippen LogP contribution in [0.25, 0.3) is 38.1 Å². The van der Waals surface area contributed by atoms with E-state index >= 15 is 0 Å². The molecule has 0 N–H and O–H groups in total. The predicted octanol–water partition coefficient (Wildman–Crippen LogP) is 4.58. The molecule has 128 valence electrons. The summed E-state index contributed by atoms with van der Waals surface area (Å²) < 4.78 is 13.0. The monoisotopic (exact) mass is 362 g/mol. The molecule has 0 radical (unpaired) electrons. The van der Waals surface area contributed by atoms with Crippen LogP contribution in [0.15, 0.2) is 52.9 Å². The number of nitrogens with zero attached hydrogens (tertiary/aromatic N) is 4. The molecule has 0 aliphatic heterocycles. The molecule has 0 atom stereocenters. The summed E-state index contributed by atoms with van der Waals surface area (Å²) in [5.74, 6) is 2.13. The number of aromatic nitrogens is 4. The molecule has 6 nitrogen and oxygen atoms in total. The summed E-state index contributed by atoms with van der Waals surface area (Å²) in [6, 6.07) is 15.8. The van der Waals surface area contributed by atoms with E-state index in [0.29, 0.717) is 11.6 Å². The van der Waals surface area contributed by atoms with Crippen LogP contribution >= 0.6 is 11.3 Å². The van der Waals surface area contributed by atoms with Gasteiger partial charge in [0.25, 0.3) is 0 Å². The number of furan rings is 1. The van der Waals surface area contributed by atoms with Crippen molar-refractivity contribution in [1.29, 1.82) is 0 Å². The number of para-hydroxylation sites is 1. The molecule has 0 aliphatic rings. The highest BCUT2D eigenvalue weighted by Crippen LogP contribution is 2.34. The van der Waals surface area contributed by atoms with E-state index < -0.39 is 0 Å². The van der Waals surface area contributed by atoms with E-state index in [-0.39, 0.29) is 0 Å². The Labute approximate surface area is 152 Å². The van der Waals surface area contributed by atoms with Gasteiger partial charge < -0.3 is 9.15 Å². The molecule has 5 aromatic rings. The van der Waals surface area contributed by atoms with Gasteiger partial charge in [-0.05, 0) is 37.3 Å². The lowest BCUT2D eigenvalue weighted by atomic mass is 10.1. The zero-order valence-corrected chi connectivity index (χ0v) is 14.9. The Morgan fingerprint density at radius 2 is 1.85 bits per heavy atom. The zero-order valence-electron chi connectivity index (χ0n) is 14.1. The van der Waals surface area contributed by atoms with Crippen molar-refractivity contribution in [3.63, 3.8) is 0 Å². The highest BCUT2D eigenvalue weighted by Gasteiger charge is 2.20. The van der Waals surface area contributed by atoms with Crippen molar-refractivity contribution in [2.24, 2.45) is 0 Å². The summed E-state index contributed by atoms with van der Waals surface area (Å²) in [5, 5.41) is 15.2. The van der Waals surface area contributed by atoms with Gasteiger partial charge in [0.2, 0.25) is 10.8 Å². The van der Waals surface area contributed by atoms with E-state index in [2.05, 4.69) is 10.2 Å². The molecule has 5 rings (SSSR count). The van der Waals surface area contributed by atoms with Gasteiger partial charge in [0.15, 0.2) is 5.76 Å². The zero-order chi connectivity index (χ0) is 17.7. The number of methoxy groups -OCH3 is 1. The molecule has 0 unspecified atom stereocenters. The van der Waals surface area contributed by atoms with E-state index in [9.17, 15) is 0 Å². The van der Waals surface area contributed by atoms with Crippen molar-refractivity contribution >= 4 is 27.3 Å². The molecular weight excluding hydrogens is 348 g/mol. The quantitative estimate of drug-likeness (QED) is 0.470. The maximum atomic E-state index is 6.02. The average Bonchev–Trinajstić information content (AvgIpc) is 3.35. The lowest BCUT2D eigenvalue weighted by molar-refractivity contribution is 0.415. The molecule has 3 heterocycles. The van der Waals surface area contributed by atoms with Crippen LogP contribution in [-0.2, 0) is 0 Å². The number of rotatable bonds is 3. The summed E-state index contributed by atoms with van der Waals surface area (Å²) in [4.78, 5) is 0.727. The first-order chi connectivity index (χ1) is 12.7. The Bertz CT molecular complexity index is 1230. The Balaban J connectivity index is 1.64. The van der Waals surface area contributed by atoms with E-state index in [4.69, 9.17) is 14.3 Å². The topological polar surface area (TPSA) is 65.5 Å². The molecule has 0 saturated heterocycles. The number of benzene rings is 2. The minimum Gasteiger partial charge on any atom is -0.497 e. The smallest absolute Gasteiger partial charge is 0.235 e. The van der Waals surface area contributed by atoms with Gasteiger partial charge in [-0.1, -0.05) is 29.5 Å². The van der Waals surface area contributed by atoms with E-state index in [1.165, 1.54) is 11.3 Å². The van der Waals surface area contributed by atoms with Crippen LogP contribution in [0.3, 0.4) is 0 Å². The van der Waals surface area contributed by atoms with Crippen molar-refractivity contribution in [3.8, 4) is 27.9 Å². The van der Waals surface area contributed by atoms with E-state index in [1.54, 1.807) is 11.6 Å². The molecule has 0 spiro atoms. The van der Waals surface area contributed by atoms with Crippen LogP contribution in [0.5, 0.6) is 5.75 Å². The summed E-state index contributed by atoms with van der Waals surface area (Å²) in [5.41, 5.74) is 2.88. The molecule has 2 aromatic carbocycles. The van der Waals surface area contributed by atoms with Gasteiger partial charge in [-0.25, -0.2) is 0 Å². The second-order valence-corrected chi connectivity index (χ2v) is 6.86. The van der Waals surface area contributed by atoms with Crippen molar-refractivity contribution in [1.82, 2.24) is 19.8 Å². The SMILES string of the molecule is COc1ccc(-c2nn3c(-c4oc5ccccc5c4C)nnc3s2)cc1. The third kappa shape index (κ3) is 2.21. The Hall–Kier alpha value is -3.19. The average molecular weight is 362 g/mol. The lowest BCUT2D eigenvalue weighted by Crippen LogP contribution is -1.91. The van der Waals surface area contributed by atoms with Gasteiger partial charge in [-0.15, -0.1) is 10.2 Å². The van der Waals surface area contributed by atoms with Gasteiger partial charge in [0.05, 0.1) is 7.11 Å². The second kappa shape index (κ2) is 5.67. The second-order valence-electron chi connectivity index (χ2n) is 5.91. The van der Waals surface area contributed by atoms with Crippen LogP contribution in [0, 0.1) is 6.92 Å². The third-order valence-electron chi connectivity index (χ3n) is 4.37. The largest absolute Gasteiger partial charge is 0.497 e. The number of fused-ring (bicyclic) bond motifs is 2. The van der Waals surface area contributed by atoms with E-state index in [1.807, 2.05) is 55.5 Å². The van der Waals surface area contributed by atoms with Crippen molar-refractivity contribution in [2.75, 3.05) is 7.11 Å². The fourth-order valence-corrected chi connectivity index (χ4v) is 3.84. The molecule has 0 amide bonds. The standard InChI is InChI=1S/C19H14N4O2S/c1-11-14-5-3-4-6-15(14)25-16(11)17-20-21-19-23(17)22-18(26-19)12-7-9-13(24-2)10-8-12/h3-10H,1-2H3. The first-order valence-electron chi connectivity index (χ1n) is 8.10. The minimum absolute atomic E-state index is 0.615. The third-order valence-corrected chi connectivity index (χ3v) is 5.32. The van der Waals surface area contributed by atoms with Crippen LogP contribution in [0.4, 0.5) is 0 Å². The molecule has 0 aliphatic carbocycles. The maximum Gasteiger partial charge on any atom is 0.235 e. The Morgan fingerprint density at radius 1 is 1.04 bits per heavy atom. The molecule has 0 saturated carbocycles. The highest BCUT2D eigenvalue weighted by atomic mass is 32.1. The predicted molar refractivity (Wildman–Crippen MR) is 101 cm³/mol. The molecular formula is C19H14N4O2S. The van der Waals surface area contributed by atoms with Gasteiger partial charge in [-0.3, -0.25) is 0 Å².